The molecule has 2 heterocycles. The highest BCUT2D eigenvalue weighted by molar-refractivity contribution is 8.20. The summed E-state index contributed by atoms with van der Waals surface area (Å²) < 4.78 is 25.3. The number of rotatable bonds is 23. The van der Waals surface area contributed by atoms with Crippen LogP contribution >= 0.6 is 70.6 Å². The van der Waals surface area contributed by atoms with Gasteiger partial charge in [-0.1, -0.05) is 0 Å². The summed E-state index contributed by atoms with van der Waals surface area (Å²) >= 11 is 11.3. The molecule has 10 nitrogen and oxygen atoms in total. The monoisotopic (exact) mass is 910 g/mol. The van der Waals surface area contributed by atoms with Gasteiger partial charge in [0.05, 0.1) is 9.16 Å². The lowest BCUT2D eigenvalue weighted by molar-refractivity contribution is -0.145. The van der Waals surface area contributed by atoms with Gasteiger partial charge in [-0.15, -0.1) is 47.0 Å². The number of aliphatic carboxylic acids is 2. The van der Waals surface area contributed by atoms with E-state index in [0.29, 0.717) is 32.2 Å². The topological polar surface area (TPSA) is 146 Å². The molecule has 2 fully saturated rings. The van der Waals surface area contributed by atoms with Crippen molar-refractivity contribution in [2.75, 3.05) is 59.2 Å². The van der Waals surface area contributed by atoms with Gasteiger partial charge in [-0.2, -0.15) is 23.5 Å². The highest BCUT2D eigenvalue weighted by atomic mass is 32.2. The molecule has 2 aromatic carbocycles. The number of hydrogen-bond donors (Lipinski definition) is 2. The molecule has 2 saturated heterocycles. The van der Waals surface area contributed by atoms with Crippen LogP contribution in [0.25, 0.3) is 11.1 Å². The van der Waals surface area contributed by atoms with Crippen molar-refractivity contribution in [1.29, 1.82) is 0 Å². The largest absolute Gasteiger partial charge is 0.489 e. The van der Waals surface area contributed by atoms with E-state index in [9.17, 15) is 19.2 Å². The summed E-state index contributed by atoms with van der Waals surface area (Å²) in [7, 11) is 0. The molecular formula is C42H54O10S6. The normalized spacial score (nSPS) is 16.2. The van der Waals surface area contributed by atoms with Gasteiger partial charge < -0.3 is 29.2 Å². The molecule has 2 atom stereocenters. The quantitative estimate of drug-likeness (QED) is 0.0621. The van der Waals surface area contributed by atoms with Crippen LogP contribution in [0, 0.1) is 27.7 Å². The number of hydrogen-bond acceptors (Lipinski definition) is 14. The fraction of sp³-hybridized carbons (Fsp3) is 0.524. The summed E-state index contributed by atoms with van der Waals surface area (Å²) in [5, 5.41) is 18.2. The molecule has 2 aliphatic rings. The predicted molar refractivity (Wildman–Crippen MR) is 246 cm³/mol. The number of carbonyl (C=O) groups excluding carboxylic acids is 2. The van der Waals surface area contributed by atoms with Crippen molar-refractivity contribution in [3.63, 3.8) is 0 Å². The van der Waals surface area contributed by atoms with Crippen molar-refractivity contribution in [1.82, 2.24) is 0 Å². The van der Waals surface area contributed by atoms with Gasteiger partial charge in [0.2, 0.25) is 0 Å². The summed E-state index contributed by atoms with van der Waals surface area (Å²) in [5.41, 5.74) is 5.70. The first kappa shape index (κ1) is 48.2. The van der Waals surface area contributed by atoms with Gasteiger partial charge in [-0.3, -0.25) is 0 Å². The van der Waals surface area contributed by atoms with Crippen LogP contribution in [0.5, 0.6) is 11.5 Å². The SMILES string of the molecule is CC(=CC(=O)O)C(=O)OC(COc1c(C)cc(-c2cc(C)c(OCC(CSCCC3SCCS3)OC(=O)C(C)=CC(=O)O)c(C)c2)cc1C)CSCCC1SCCS1. The van der Waals surface area contributed by atoms with Crippen LogP contribution in [0.2, 0.25) is 0 Å². The second-order valence-electron chi connectivity index (χ2n) is 14.0. The standard InChI is InChI=1S/C42H54O10S6/c1-25-15-31(16-26(2)39(25)49-21-33(51-41(47)29(5)19-35(43)44)23-53-9-7-37-55-11-12-56-37)32-17-27(3)40(28(4)18-32)50-22-34(52-42(48)30(6)20-36(45)46)24-54-10-8-38-57-13-14-58-38/h15-20,33-34,37-38H,7-14,21-24H2,1-6H3,(H,43,44)(H,45,46). The summed E-state index contributed by atoms with van der Waals surface area (Å²) in [6.07, 6.45) is 2.69. The second-order valence-corrected chi connectivity index (χ2v) is 22.1. The number of carboxylic acids is 2. The van der Waals surface area contributed by atoms with Crippen LogP contribution in [0.1, 0.15) is 48.9 Å². The van der Waals surface area contributed by atoms with Gasteiger partial charge in [0.15, 0.2) is 0 Å². The minimum Gasteiger partial charge on any atom is -0.489 e. The molecule has 0 aliphatic carbocycles. The first-order valence-electron chi connectivity index (χ1n) is 19.0. The van der Waals surface area contributed by atoms with Crippen molar-refractivity contribution in [2.45, 2.75) is 75.8 Å². The Morgan fingerprint density at radius 1 is 0.638 bits per heavy atom. The van der Waals surface area contributed by atoms with Gasteiger partial charge in [0.25, 0.3) is 0 Å². The molecule has 0 amide bonds. The van der Waals surface area contributed by atoms with E-state index in [4.69, 9.17) is 29.2 Å². The van der Waals surface area contributed by atoms with E-state index in [1.54, 1.807) is 23.5 Å². The fourth-order valence-electron chi connectivity index (χ4n) is 6.19. The Labute approximate surface area is 367 Å². The Hall–Kier alpha value is -2.50. The lowest BCUT2D eigenvalue weighted by Crippen LogP contribution is -2.28. The molecule has 0 saturated carbocycles. The van der Waals surface area contributed by atoms with Crippen LogP contribution < -0.4 is 9.47 Å². The summed E-state index contributed by atoms with van der Waals surface area (Å²) in [6.45, 7) is 11.0. The van der Waals surface area contributed by atoms with Crippen molar-refractivity contribution in [3.8, 4) is 22.6 Å². The Balaban J connectivity index is 1.42. The average molecular weight is 911 g/mol. The number of ether oxygens (including phenoxy) is 4. The molecule has 2 unspecified atom stereocenters. The molecule has 318 valence electrons. The van der Waals surface area contributed by atoms with Crippen molar-refractivity contribution in [2.24, 2.45) is 0 Å². The number of aryl methyl sites for hydroxylation is 4. The van der Waals surface area contributed by atoms with E-state index >= 15 is 0 Å². The molecule has 58 heavy (non-hydrogen) atoms. The third-order valence-corrected chi connectivity index (χ3v) is 17.5. The Morgan fingerprint density at radius 3 is 1.28 bits per heavy atom. The average Bonchev–Trinajstić information content (AvgIpc) is 3.88. The molecule has 0 spiro atoms. The lowest BCUT2D eigenvalue weighted by atomic mass is 9.96. The smallest absolute Gasteiger partial charge is 0.334 e. The van der Waals surface area contributed by atoms with Crippen LogP contribution in [-0.4, -0.2) is 115 Å². The Bertz CT molecular complexity index is 1630. The molecule has 4 rings (SSSR count). The minimum atomic E-state index is -1.20. The maximum atomic E-state index is 12.7. The van der Waals surface area contributed by atoms with E-state index in [2.05, 4.69) is 24.3 Å². The second kappa shape index (κ2) is 24.7. The zero-order valence-electron chi connectivity index (χ0n) is 33.9. The Morgan fingerprint density at radius 2 is 0.966 bits per heavy atom. The molecule has 2 aromatic rings. The van der Waals surface area contributed by atoms with E-state index in [1.807, 2.05) is 74.7 Å². The molecule has 2 N–H and O–H groups in total. The maximum Gasteiger partial charge on any atom is 0.334 e. The number of benzene rings is 2. The third-order valence-electron chi connectivity index (χ3n) is 8.94. The fourth-order valence-corrected chi connectivity index (χ4v) is 14.4. The van der Waals surface area contributed by atoms with Gasteiger partial charge in [-0.25, -0.2) is 19.2 Å². The van der Waals surface area contributed by atoms with E-state index in [-0.39, 0.29) is 24.4 Å². The predicted octanol–water partition coefficient (Wildman–Crippen LogP) is 9.09. The number of carbonyl (C=O) groups is 4. The van der Waals surface area contributed by atoms with Gasteiger partial charge >= 0.3 is 23.9 Å². The zero-order valence-corrected chi connectivity index (χ0v) is 38.8. The molecule has 16 heteroatoms. The van der Waals surface area contributed by atoms with Crippen LogP contribution in [0.15, 0.2) is 47.6 Å². The molecule has 0 aromatic heterocycles. The van der Waals surface area contributed by atoms with Gasteiger partial charge in [0, 0.05) is 57.8 Å². The van der Waals surface area contributed by atoms with Crippen LogP contribution in [0.4, 0.5) is 0 Å². The molecule has 0 bridgehead atoms. The number of carboxylic acid groups (broad SMARTS) is 2. The van der Waals surface area contributed by atoms with Crippen LogP contribution in [0.3, 0.4) is 0 Å². The van der Waals surface area contributed by atoms with Crippen molar-refractivity contribution in [3.05, 3.63) is 69.8 Å². The Kier molecular flexibility index (Phi) is 20.5. The first-order valence-corrected chi connectivity index (χ1v) is 25.5. The molecule has 0 radical (unpaired) electrons. The summed E-state index contributed by atoms with van der Waals surface area (Å²) in [4.78, 5) is 47.8. The van der Waals surface area contributed by atoms with E-state index < -0.39 is 36.1 Å². The van der Waals surface area contributed by atoms with Gasteiger partial charge in [-0.05, 0) is 124 Å². The van der Waals surface area contributed by atoms with E-state index in [1.165, 1.54) is 36.9 Å². The van der Waals surface area contributed by atoms with Crippen LogP contribution in [-0.2, 0) is 28.7 Å². The van der Waals surface area contributed by atoms with Crippen molar-refractivity contribution >= 4 is 94.4 Å². The first-order chi connectivity index (χ1) is 27.7. The summed E-state index contributed by atoms with van der Waals surface area (Å²) in [6, 6.07) is 8.25. The maximum absolute atomic E-state index is 12.7. The minimum absolute atomic E-state index is 0.0196. The highest BCUT2D eigenvalue weighted by Crippen LogP contribution is 2.37. The highest BCUT2D eigenvalue weighted by Gasteiger charge is 2.23. The molecular weight excluding hydrogens is 857 g/mol. The summed E-state index contributed by atoms with van der Waals surface area (Å²) in [5.74, 6) is 5.27. The molecule has 2 aliphatic heterocycles. The lowest BCUT2D eigenvalue weighted by Gasteiger charge is -2.22. The van der Waals surface area contributed by atoms with Crippen molar-refractivity contribution < 1.29 is 48.3 Å². The van der Waals surface area contributed by atoms with Gasteiger partial charge in [0.1, 0.15) is 36.9 Å². The third kappa shape index (κ3) is 16.2. The number of esters is 2. The number of thioether (sulfide) groups is 6. The zero-order chi connectivity index (χ0) is 42.2. The van der Waals surface area contributed by atoms with E-state index in [0.717, 1.165) is 69.9 Å².